The number of nitrogens with zero attached hydrogens (tertiary/aromatic N) is 1. The molecule has 15 heavy (non-hydrogen) atoms. The van der Waals surface area contributed by atoms with Gasteiger partial charge in [-0.3, -0.25) is 0 Å². The Hall–Kier alpha value is -1.58. The van der Waals surface area contributed by atoms with Gasteiger partial charge in [0.05, 0.1) is 6.61 Å². The van der Waals surface area contributed by atoms with Crippen molar-refractivity contribution in [3.05, 3.63) is 23.4 Å². The van der Waals surface area contributed by atoms with E-state index in [1.165, 1.54) is 0 Å². The van der Waals surface area contributed by atoms with Crippen molar-refractivity contribution in [1.82, 2.24) is 4.98 Å². The first-order valence-electron chi connectivity index (χ1n) is 5.07. The lowest BCUT2D eigenvalue weighted by molar-refractivity contribution is 0.0527. The highest BCUT2D eigenvalue weighted by Gasteiger charge is 2.12. The van der Waals surface area contributed by atoms with Crippen LogP contribution in [0.4, 0.5) is 5.82 Å². The lowest BCUT2D eigenvalue weighted by Crippen LogP contribution is -2.11. The number of hydrogen-bond donors (Lipinski definition) is 1. The van der Waals surface area contributed by atoms with Crippen LogP contribution in [-0.2, 0) is 4.74 Å². The first-order valence-corrected chi connectivity index (χ1v) is 5.07. The summed E-state index contributed by atoms with van der Waals surface area (Å²) in [6.07, 6.45) is 0. The molecule has 0 aliphatic rings. The zero-order chi connectivity index (χ0) is 11.3. The second-order valence-corrected chi connectivity index (χ2v) is 3.10. The van der Waals surface area contributed by atoms with E-state index in [9.17, 15) is 4.79 Å². The average molecular weight is 208 g/mol. The van der Waals surface area contributed by atoms with E-state index in [0.717, 1.165) is 12.2 Å². The molecule has 0 aliphatic heterocycles. The SMILES string of the molecule is CCNc1nc(C)ccc1C(=O)OCC. The minimum atomic E-state index is -0.332. The third kappa shape index (κ3) is 2.94. The van der Waals surface area contributed by atoms with Crippen molar-refractivity contribution in [3.8, 4) is 0 Å². The molecule has 0 amide bonds. The third-order valence-electron chi connectivity index (χ3n) is 1.87. The third-order valence-corrected chi connectivity index (χ3v) is 1.87. The van der Waals surface area contributed by atoms with E-state index in [2.05, 4.69) is 10.3 Å². The van der Waals surface area contributed by atoms with Gasteiger partial charge in [0.1, 0.15) is 11.4 Å². The topological polar surface area (TPSA) is 51.2 Å². The molecule has 0 saturated heterocycles. The van der Waals surface area contributed by atoms with E-state index in [1.54, 1.807) is 19.1 Å². The largest absolute Gasteiger partial charge is 0.462 e. The summed E-state index contributed by atoms with van der Waals surface area (Å²) in [6, 6.07) is 3.53. The number of anilines is 1. The maximum atomic E-state index is 11.5. The highest BCUT2D eigenvalue weighted by Crippen LogP contribution is 2.14. The van der Waals surface area contributed by atoms with E-state index in [4.69, 9.17) is 4.74 Å². The van der Waals surface area contributed by atoms with Crippen molar-refractivity contribution in [2.24, 2.45) is 0 Å². The van der Waals surface area contributed by atoms with Gasteiger partial charge in [-0.25, -0.2) is 9.78 Å². The zero-order valence-corrected chi connectivity index (χ0v) is 9.33. The van der Waals surface area contributed by atoms with Gasteiger partial charge in [-0.15, -0.1) is 0 Å². The molecule has 0 aliphatic carbocycles. The summed E-state index contributed by atoms with van der Waals surface area (Å²) in [5.74, 6) is 0.261. The van der Waals surface area contributed by atoms with E-state index in [0.29, 0.717) is 18.0 Å². The van der Waals surface area contributed by atoms with Gasteiger partial charge < -0.3 is 10.1 Å². The summed E-state index contributed by atoms with van der Waals surface area (Å²) in [4.78, 5) is 15.8. The molecule has 1 heterocycles. The van der Waals surface area contributed by atoms with Crippen LogP contribution in [0.2, 0.25) is 0 Å². The first kappa shape index (κ1) is 11.5. The lowest BCUT2D eigenvalue weighted by Gasteiger charge is -2.09. The summed E-state index contributed by atoms with van der Waals surface area (Å²) in [6.45, 7) is 6.72. The molecule has 0 radical (unpaired) electrons. The van der Waals surface area contributed by atoms with Crippen molar-refractivity contribution in [2.75, 3.05) is 18.5 Å². The van der Waals surface area contributed by atoms with Crippen molar-refractivity contribution in [3.63, 3.8) is 0 Å². The Balaban J connectivity index is 2.99. The highest BCUT2D eigenvalue weighted by atomic mass is 16.5. The summed E-state index contributed by atoms with van der Waals surface area (Å²) >= 11 is 0. The molecule has 4 nitrogen and oxygen atoms in total. The fraction of sp³-hybridized carbons (Fsp3) is 0.455. The molecule has 0 unspecified atom stereocenters. The number of pyridine rings is 1. The van der Waals surface area contributed by atoms with Gasteiger partial charge in [-0.05, 0) is 32.9 Å². The number of rotatable bonds is 4. The van der Waals surface area contributed by atoms with Crippen LogP contribution in [0.1, 0.15) is 29.9 Å². The molecule has 0 fully saturated rings. The molecule has 0 atom stereocenters. The number of esters is 1. The molecule has 0 aromatic carbocycles. The van der Waals surface area contributed by atoms with Gasteiger partial charge in [0.25, 0.3) is 0 Å². The van der Waals surface area contributed by atoms with Gasteiger partial charge in [-0.1, -0.05) is 0 Å². The fourth-order valence-electron chi connectivity index (χ4n) is 1.23. The van der Waals surface area contributed by atoms with E-state index >= 15 is 0 Å². The van der Waals surface area contributed by atoms with Gasteiger partial charge in [0, 0.05) is 12.2 Å². The number of aromatic nitrogens is 1. The zero-order valence-electron chi connectivity index (χ0n) is 9.33. The van der Waals surface area contributed by atoms with Gasteiger partial charge in [0.2, 0.25) is 0 Å². The normalized spacial score (nSPS) is 9.80. The summed E-state index contributed by atoms with van der Waals surface area (Å²) in [7, 11) is 0. The first-order chi connectivity index (χ1) is 7.19. The molecule has 1 aromatic rings. The van der Waals surface area contributed by atoms with Gasteiger partial charge in [0.15, 0.2) is 0 Å². The number of nitrogens with one attached hydrogen (secondary N) is 1. The quantitative estimate of drug-likeness (QED) is 0.769. The number of aryl methyl sites for hydroxylation is 1. The second-order valence-electron chi connectivity index (χ2n) is 3.10. The Morgan fingerprint density at radius 3 is 2.80 bits per heavy atom. The predicted octanol–water partition coefficient (Wildman–Crippen LogP) is 2.00. The predicted molar refractivity (Wildman–Crippen MR) is 59.1 cm³/mol. The van der Waals surface area contributed by atoms with Crippen LogP contribution in [0.15, 0.2) is 12.1 Å². The molecule has 1 rings (SSSR count). The number of carbonyl (C=O) groups excluding carboxylic acids is 1. The summed E-state index contributed by atoms with van der Waals surface area (Å²) in [5.41, 5.74) is 1.36. The maximum absolute atomic E-state index is 11.5. The van der Waals surface area contributed by atoms with Crippen molar-refractivity contribution < 1.29 is 9.53 Å². The average Bonchev–Trinajstić information content (AvgIpc) is 2.18. The molecule has 82 valence electrons. The molecule has 0 saturated carbocycles. The molecule has 0 bridgehead atoms. The van der Waals surface area contributed by atoms with Crippen LogP contribution in [0.25, 0.3) is 0 Å². The maximum Gasteiger partial charge on any atom is 0.341 e. The Labute approximate surface area is 89.7 Å². The minimum Gasteiger partial charge on any atom is -0.462 e. The molecule has 1 N–H and O–H groups in total. The number of carbonyl (C=O) groups is 1. The molecule has 1 aromatic heterocycles. The summed E-state index contributed by atoms with van der Waals surface area (Å²) in [5, 5.41) is 3.04. The smallest absolute Gasteiger partial charge is 0.341 e. The Morgan fingerprint density at radius 1 is 1.47 bits per heavy atom. The Kier molecular flexibility index (Phi) is 4.09. The van der Waals surface area contributed by atoms with Crippen LogP contribution in [-0.4, -0.2) is 24.1 Å². The van der Waals surface area contributed by atoms with E-state index in [-0.39, 0.29) is 5.97 Å². The Morgan fingerprint density at radius 2 is 2.20 bits per heavy atom. The number of ether oxygens (including phenoxy) is 1. The highest BCUT2D eigenvalue weighted by molar-refractivity contribution is 5.94. The molecule has 4 heteroatoms. The van der Waals surface area contributed by atoms with Gasteiger partial charge in [-0.2, -0.15) is 0 Å². The Bertz CT molecular complexity index is 350. The molecular formula is C11H16N2O2. The standard InChI is InChI=1S/C11H16N2O2/c1-4-12-10-9(11(14)15-5-2)7-6-8(3)13-10/h6-7H,4-5H2,1-3H3,(H,12,13). The van der Waals surface area contributed by atoms with Gasteiger partial charge >= 0.3 is 5.97 Å². The van der Waals surface area contributed by atoms with Crippen LogP contribution in [0, 0.1) is 6.92 Å². The van der Waals surface area contributed by atoms with Crippen LogP contribution < -0.4 is 5.32 Å². The van der Waals surface area contributed by atoms with E-state index in [1.807, 2.05) is 13.8 Å². The van der Waals surface area contributed by atoms with Crippen LogP contribution in [0.5, 0.6) is 0 Å². The van der Waals surface area contributed by atoms with Crippen molar-refractivity contribution >= 4 is 11.8 Å². The van der Waals surface area contributed by atoms with Crippen molar-refractivity contribution in [2.45, 2.75) is 20.8 Å². The monoisotopic (exact) mass is 208 g/mol. The molecular weight excluding hydrogens is 192 g/mol. The lowest BCUT2D eigenvalue weighted by atomic mass is 10.2. The van der Waals surface area contributed by atoms with E-state index < -0.39 is 0 Å². The van der Waals surface area contributed by atoms with Crippen LogP contribution in [0.3, 0.4) is 0 Å². The molecule has 0 spiro atoms. The summed E-state index contributed by atoms with van der Waals surface area (Å²) < 4.78 is 4.94. The van der Waals surface area contributed by atoms with Crippen LogP contribution >= 0.6 is 0 Å². The minimum absolute atomic E-state index is 0.332. The van der Waals surface area contributed by atoms with Crippen molar-refractivity contribution in [1.29, 1.82) is 0 Å². The fourth-order valence-corrected chi connectivity index (χ4v) is 1.23. The number of hydrogen-bond acceptors (Lipinski definition) is 4. The second kappa shape index (κ2) is 5.34.